The summed E-state index contributed by atoms with van der Waals surface area (Å²) in [4.78, 5) is 32.5. The number of aryl methyl sites for hydroxylation is 1. The van der Waals surface area contributed by atoms with Crippen molar-refractivity contribution in [3.63, 3.8) is 0 Å². The second kappa shape index (κ2) is 11.1. The van der Waals surface area contributed by atoms with Crippen molar-refractivity contribution in [2.45, 2.75) is 19.8 Å². The molecule has 6 rings (SSSR count). The maximum absolute atomic E-state index is 12.8. The zero-order valence-electron chi connectivity index (χ0n) is 22.8. The lowest BCUT2D eigenvalue weighted by molar-refractivity contribution is -0.125. The van der Waals surface area contributed by atoms with E-state index in [2.05, 4.69) is 26.3 Å². The first kappa shape index (κ1) is 26.0. The number of carbonyl (C=O) groups is 1. The van der Waals surface area contributed by atoms with Gasteiger partial charge in [-0.2, -0.15) is 0 Å². The van der Waals surface area contributed by atoms with Crippen LogP contribution in [0.1, 0.15) is 16.0 Å². The van der Waals surface area contributed by atoms with E-state index in [1.165, 1.54) is 10.4 Å². The topological polar surface area (TPSA) is 87.9 Å². The molecule has 0 atom stereocenters. The van der Waals surface area contributed by atoms with Crippen LogP contribution < -0.4 is 10.1 Å². The number of pyridine rings is 1. The Morgan fingerprint density at radius 3 is 2.85 bits per heavy atom. The number of hydrogen-bond acceptors (Lipinski definition) is 8. The molecule has 4 aromatic heterocycles. The summed E-state index contributed by atoms with van der Waals surface area (Å²) in [6.07, 6.45) is 12.4. The molecule has 5 heterocycles. The molecule has 10 heteroatoms. The molecule has 0 bridgehead atoms. The number of nitrogens with zero attached hydrogens (tertiary/aromatic N) is 6. The van der Waals surface area contributed by atoms with Crippen LogP contribution in [-0.2, 0) is 17.6 Å². The van der Waals surface area contributed by atoms with Gasteiger partial charge in [0.1, 0.15) is 34.1 Å². The molecule has 1 amide bonds. The number of benzene rings is 1. The summed E-state index contributed by atoms with van der Waals surface area (Å²) >= 11 is 1.70. The molecule has 0 fully saturated rings. The van der Waals surface area contributed by atoms with Gasteiger partial charge in [0.2, 0.25) is 5.91 Å². The van der Waals surface area contributed by atoms with Crippen LogP contribution >= 0.6 is 11.3 Å². The third kappa shape index (κ3) is 5.41. The maximum Gasteiger partial charge on any atom is 0.246 e. The minimum atomic E-state index is 0.0680. The molecule has 0 spiro atoms. The van der Waals surface area contributed by atoms with Crippen molar-refractivity contribution >= 4 is 44.6 Å². The van der Waals surface area contributed by atoms with E-state index < -0.39 is 0 Å². The Labute approximate surface area is 236 Å². The van der Waals surface area contributed by atoms with Crippen molar-refractivity contribution in [1.29, 1.82) is 0 Å². The maximum atomic E-state index is 12.8. The average molecular weight is 554 g/mol. The predicted octanol–water partition coefficient (Wildman–Crippen LogP) is 5.23. The van der Waals surface area contributed by atoms with Gasteiger partial charge in [0, 0.05) is 60.9 Å². The van der Waals surface area contributed by atoms with Crippen LogP contribution in [0, 0.1) is 6.92 Å². The molecule has 0 radical (unpaired) electrons. The number of imidazole rings is 1. The van der Waals surface area contributed by atoms with Crippen LogP contribution in [0.2, 0.25) is 0 Å². The first-order valence-corrected chi connectivity index (χ1v) is 14.1. The zero-order valence-corrected chi connectivity index (χ0v) is 23.6. The molecule has 9 nitrogen and oxygen atoms in total. The van der Waals surface area contributed by atoms with Crippen LogP contribution in [-0.4, -0.2) is 68.8 Å². The van der Waals surface area contributed by atoms with E-state index in [0.29, 0.717) is 13.1 Å². The molecule has 1 aliphatic rings. The smallest absolute Gasteiger partial charge is 0.246 e. The summed E-state index contributed by atoms with van der Waals surface area (Å²) in [6.45, 7) is 4.15. The lowest BCUT2D eigenvalue weighted by Gasteiger charge is -2.18. The summed E-state index contributed by atoms with van der Waals surface area (Å²) in [7, 11) is 3.98. The van der Waals surface area contributed by atoms with Gasteiger partial charge in [0.25, 0.3) is 0 Å². The van der Waals surface area contributed by atoms with Crippen molar-refractivity contribution in [2.24, 2.45) is 0 Å². The molecule has 0 saturated heterocycles. The summed E-state index contributed by atoms with van der Waals surface area (Å²) in [5, 5.41) is 4.57. The van der Waals surface area contributed by atoms with Crippen LogP contribution in [0.5, 0.6) is 11.5 Å². The Bertz CT molecular complexity index is 1720. The highest BCUT2D eigenvalue weighted by molar-refractivity contribution is 7.19. The zero-order chi connectivity index (χ0) is 27.6. The van der Waals surface area contributed by atoms with Gasteiger partial charge < -0.3 is 24.3 Å². The van der Waals surface area contributed by atoms with Crippen molar-refractivity contribution in [2.75, 3.05) is 39.0 Å². The van der Waals surface area contributed by atoms with Crippen molar-refractivity contribution in [3.8, 4) is 11.5 Å². The molecule has 1 aromatic carbocycles. The highest BCUT2D eigenvalue weighted by Crippen LogP contribution is 2.37. The van der Waals surface area contributed by atoms with Gasteiger partial charge in [-0.3, -0.25) is 4.79 Å². The van der Waals surface area contributed by atoms with E-state index in [9.17, 15) is 4.79 Å². The highest BCUT2D eigenvalue weighted by atomic mass is 32.1. The largest absolute Gasteiger partial charge is 0.457 e. The Hall–Kier alpha value is -4.28. The standard InChI is InChI=1S/C30H31N7O2S/c1-20-17-21(6-7-24(20)39-22-8-13-36-16-11-31-26(36)18-22)34-29-28-23-9-14-37(27(38)5-4-12-35(2)3)15-10-25(23)40-30(28)33-19-32-29/h4-8,11,13,16-19H,9-10,12,14-15H2,1-3H3,(H,32,33,34)/b5-4+. The number of likely N-dealkylation sites (N-methyl/N-ethyl adjacent to an activating group) is 1. The van der Waals surface area contributed by atoms with Gasteiger partial charge in [-0.1, -0.05) is 6.08 Å². The van der Waals surface area contributed by atoms with Crippen molar-refractivity contribution in [3.05, 3.63) is 83.4 Å². The fourth-order valence-corrected chi connectivity index (χ4v) is 6.12. The number of thiophene rings is 1. The monoisotopic (exact) mass is 553 g/mol. The average Bonchev–Trinajstić information content (AvgIpc) is 3.48. The molecule has 0 saturated carbocycles. The highest BCUT2D eigenvalue weighted by Gasteiger charge is 2.23. The number of hydrogen-bond donors (Lipinski definition) is 1. The summed E-state index contributed by atoms with van der Waals surface area (Å²) in [5.41, 5.74) is 4.00. The van der Waals surface area contributed by atoms with Crippen molar-refractivity contribution in [1.82, 2.24) is 29.2 Å². The van der Waals surface area contributed by atoms with Crippen LogP contribution in [0.4, 0.5) is 11.5 Å². The molecule has 0 unspecified atom stereocenters. The van der Waals surface area contributed by atoms with Gasteiger partial charge >= 0.3 is 0 Å². The molecule has 1 aliphatic heterocycles. The lowest BCUT2D eigenvalue weighted by atomic mass is 10.1. The van der Waals surface area contributed by atoms with Gasteiger partial charge in [-0.15, -0.1) is 11.3 Å². The molecule has 1 N–H and O–H groups in total. The predicted molar refractivity (Wildman–Crippen MR) is 159 cm³/mol. The Kier molecular flexibility index (Phi) is 7.19. The van der Waals surface area contributed by atoms with Crippen molar-refractivity contribution < 1.29 is 9.53 Å². The minimum Gasteiger partial charge on any atom is -0.457 e. The van der Waals surface area contributed by atoms with Gasteiger partial charge in [-0.25, -0.2) is 15.0 Å². The van der Waals surface area contributed by atoms with E-state index in [1.54, 1.807) is 29.9 Å². The number of ether oxygens (including phenoxy) is 1. The first-order valence-electron chi connectivity index (χ1n) is 13.3. The fraction of sp³-hybridized carbons (Fsp3) is 0.267. The molecule has 5 aromatic rings. The number of carbonyl (C=O) groups excluding carboxylic acids is 1. The molecular formula is C30H31N7O2S. The summed E-state index contributed by atoms with van der Waals surface area (Å²) in [6, 6.07) is 9.86. The van der Waals surface area contributed by atoms with E-state index in [4.69, 9.17) is 4.74 Å². The molecule has 0 aliphatic carbocycles. The second-order valence-corrected chi connectivity index (χ2v) is 11.2. The minimum absolute atomic E-state index is 0.0680. The molecule has 204 valence electrons. The van der Waals surface area contributed by atoms with Crippen LogP contribution in [0.3, 0.4) is 0 Å². The first-order chi connectivity index (χ1) is 19.4. The number of rotatable bonds is 7. The van der Waals surface area contributed by atoms with E-state index in [0.717, 1.165) is 63.8 Å². The quantitative estimate of drug-likeness (QED) is 0.276. The third-order valence-corrected chi connectivity index (χ3v) is 8.19. The van der Waals surface area contributed by atoms with Gasteiger partial charge in [0.15, 0.2) is 0 Å². The third-order valence-electron chi connectivity index (χ3n) is 6.99. The van der Waals surface area contributed by atoms with Crippen LogP contribution in [0.15, 0.2) is 67.4 Å². The normalized spacial score (nSPS) is 13.8. The van der Waals surface area contributed by atoms with Crippen LogP contribution in [0.25, 0.3) is 15.9 Å². The van der Waals surface area contributed by atoms with E-state index in [-0.39, 0.29) is 5.91 Å². The number of anilines is 2. The van der Waals surface area contributed by atoms with Gasteiger partial charge in [-0.05, 0) is 69.3 Å². The molecular weight excluding hydrogens is 522 g/mol. The van der Waals surface area contributed by atoms with Gasteiger partial charge in [0.05, 0.1) is 5.39 Å². The number of aromatic nitrogens is 4. The Morgan fingerprint density at radius 1 is 1.12 bits per heavy atom. The number of nitrogens with one attached hydrogen (secondary N) is 1. The fourth-order valence-electron chi connectivity index (χ4n) is 4.94. The molecule has 40 heavy (non-hydrogen) atoms. The lowest BCUT2D eigenvalue weighted by Crippen LogP contribution is -2.32. The Balaban J connectivity index is 1.20. The number of fused-ring (bicyclic) bond motifs is 4. The summed E-state index contributed by atoms with van der Waals surface area (Å²) < 4.78 is 8.10. The second-order valence-electron chi connectivity index (χ2n) is 10.2. The Morgan fingerprint density at radius 2 is 2.00 bits per heavy atom. The van der Waals surface area contributed by atoms with E-state index in [1.807, 2.05) is 78.0 Å². The van der Waals surface area contributed by atoms with E-state index >= 15 is 0 Å². The SMILES string of the molecule is Cc1cc(Nc2ncnc3sc4c(c23)CCN(C(=O)/C=C/CN(C)C)CC4)ccc1Oc1ccn2ccnc2c1. The summed E-state index contributed by atoms with van der Waals surface area (Å²) in [5.74, 6) is 2.37. The number of amides is 1.